The van der Waals surface area contributed by atoms with Crippen LogP contribution < -0.4 is 16.1 Å². The zero-order valence-electron chi connectivity index (χ0n) is 10.4. The second-order valence-electron chi connectivity index (χ2n) is 3.88. The van der Waals surface area contributed by atoms with Crippen LogP contribution in [0.15, 0.2) is 23.3 Å². The fraction of sp³-hybridized carbons (Fsp3) is 0.0833. The first-order valence-electron chi connectivity index (χ1n) is 5.54. The van der Waals surface area contributed by atoms with E-state index in [4.69, 9.17) is 28.9 Å². The van der Waals surface area contributed by atoms with Crippen molar-refractivity contribution in [2.24, 2.45) is 5.10 Å². The second kappa shape index (κ2) is 6.21. The largest absolute Gasteiger partial charge is 0.330 e. The highest BCUT2D eigenvalue weighted by Gasteiger charge is 2.16. The van der Waals surface area contributed by atoms with Crippen molar-refractivity contribution in [1.29, 1.82) is 0 Å². The van der Waals surface area contributed by atoms with Crippen LogP contribution in [0.3, 0.4) is 0 Å². The number of amides is 1. The molecule has 8 heteroatoms. The van der Waals surface area contributed by atoms with Crippen LogP contribution in [0.5, 0.6) is 0 Å². The van der Waals surface area contributed by atoms with Gasteiger partial charge in [-0.15, -0.1) is 0 Å². The normalized spacial score (nSPS) is 10.9. The van der Waals surface area contributed by atoms with Crippen molar-refractivity contribution in [3.05, 3.63) is 44.4 Å². The van der Waals surface area contributed by atoms with Crippen LogP contribution in [0, 0.1) is 6.92 Å². The van der Waals surface area contributed by atoms with Gasteiger partial charge in [-0.1, -0.05) is 29.3 Å². The molecule has 2 rings (SSSR count). The van der Waals surface area contributed by atoms with Crippen LogP contribution >= 0.6 is 34.5 Å². The molecule has 0 atom stereocenters. The number of aromatic nitrogens is 1. The Morgan fingerprint density at radius 1 is 1.45 bits per heavy atom. The Bertz CT molecular complexity index is 664. The molecule has 0 saturated heterocycles. The van der Waals surface area contributed by atoms with E-state index in [-0.39, 0.29) is 5.91 Å². The number of thiazole rings is 1. The number of rotatable bonds is 3. The van der Waals surface area contributed by atoms with E-state index in [2.05, 4.69) is 15.5 Å². The highest BCUT2D eigenvalue weighted by Crippen LogP contribution is 2.22. The first-order chi connectivity index (χ1) is 9.49. The third-order valence-electron chi connectivity index (χ3n) is 2.43. The van der Waals surface area contributed by atoms with Crippen molar-refractivity contribution in [2.75, 3.05) is 5.73 Å². The number of nitrogens with zero attached hydrogens (tertiary/aromatic N) is 1. The molecule has 4 N–H and O–H groups in total. The van der Waals surface area contributed by atoms with Crippen molar-refractivity contribution in [3.63, 3.8) is 0 Å². The van der Waals surface area contributed by atoms with Gasteiger partial charge in [-0.3, -0.25) is 10.5 Å². The highest BCUT2D eigenvalue weighted by molar-refractivity contribution is 7.16. The van der Waals surface area contributed by atoms with Gasteiger partial charge in [-0.2, -0.15) is 5.10 Å². The van der Waals surface area contributed by atoms with Gasteiger partial charge in [0.15, 0.2) is 0 Å². The average molecular weight is 330 g/mol. The summed E-state index contributed by atoms with van der Waals surface area (Å²) < 4.78 is 0. The van der Waals surface area contributed by atoms with Gasteiger partial charge in [0.25, 0.3) is 5.91 Å². The maximum absolute atomic E-state index is 11.9. The number of nitrogens with one attached hydrogen (secondary N) is 2. The number of nitrogen functional groups attached to an aromatic ring is 1. The lowest BCUT2D eigenvalue weighted by molar-refractivity contribution is -0.363. The Hall–Kier alpha value is -1.63. The molecule has 0 saturated carbocycles. The molecule has 0 bridgehead atoms. The predicted octanol–water partition coefficient (Wildman–Crippen LogP) is 2.52. The zero-order valence-corrected chi connectivity index (χ0v) is 12.7. The molecule has 1 aromatic heterocycles. The van der Waals surface area contributed by atoms with Gasteiger partial charge in [-0.05, 0) is 30.4 Å². The van der Waals surface area contributed by atoms with Crippen molar-refractivity contribution >= 4 is 51.8 Å². The lowest BCUT2D eigenvalue weighted by Gasteiger charge is -2.00. The summed E-state index contributed by atoms with van der Waals surface area (Å²) in [7, 11) is 0. The van der Waals surface area contributed by atoms with E-state index in [0.29, 0.717) is 31.3 Å². The molecule has 0 spiro atoms. The highest BCUT2D eigenvalue weighted by atomic mass is 35.5. The fourth-order valence-electron chi connectivity index (χ4n) is 1.51. The first-order valence-corrected chi connectivity index (χ1v) is 7.12. The number of H-pyrrole nitrogens is 1. The molecule has 104 valence electrons. The quantitative estimate of drug-likeness (QED) is 0.670. The number of carbonyl (C=O) groups is 1. The van der Waals surface area contributed by atoms with Gasteiger partial charge in [0, 0.05) is 5.56 Å². The van der Waals surface area contributed by atoms with E-state index in [1.165, 1.54) is 6.21 Å². The van der Waals surface area contributed by atoms with Gasteiger partial charge < -0.3 is 0 Å². The molecule has 0 radical (unpaired) electrons. The second-order valence-corrected chi connectivity index (χ2v) is 5.75. The molecular weight excluding hydrogens is 319 g/mol. The number of halogens is 2. The van der Waals surface area contributed by atoms with Gasteiger partial charge in [0.1, 0.15) is 10.6 Å². The molecule has 20 heavy (non-hydrogen) atoms. The number of aryl methyl sites for hydroxylation is 1. The number of carbonyl (C=O) groups excluding carboxylic acids is 1. The molecule has 1 aromatic carbocycles. The van der Waals surface area contributed by atoms with Crippen molar-refractivity contribution in [2.45, 2.75) is 6.92 Å². The zero-order chi connectivity index (χ0) is 14.7. The van der Waals surface area contributed by atoms with Crippen LogP contribution in [-0.2, 0) is 0 Å². The van der Waals surface area contributed by atoms with E-state index in [1.807, 2.05) is 0 Å². The van der Waals surface area contributed by atoms with Crippen LogP contribution in [0.1, 0.15) is 20.9 Å². The van der Waals surface area contributed by atoms with Gasteiger partial charge in [0.2, 0.25) is 0 Å². The number of aromatic amines is 1. The van der Waals surface area contributed by atoms with Crippen LogP contribution in [0.25, 0.3) is 0 Å². The Labute approximate surface area is 129 Å². The molecule has 1 heterocycles. The minimum absolute atomic E-state index is 0.347. The SMILES string of the molecule is Cc1[nH+]c(N)sc1C(=O)NN=Cc1c(Cl)cccc1Cl. The fourth-order valence-corrected chi connectivity index (χ4v) is 2.77. The summed E-state index contributed by atoms with van der Waals surface area (Å²) in [5, 5.41) is 5.23. The first kappa shape index (κ1) is 14.8. The summed E-state index contributed by atoms with van der Waals surface area (Å²) >= 11 is 13.1. The Morgan fingerprint density at radius 2 is 2.10 bits per heavy atom. The van der Waals surface area contributed by atoms with Crippen molar-refractivity contribution in [3.8, 4) is 0 Å². The monoisotopic (exact) mass is 329 g/mol. The summed E-state index contributed by atoms with van der Waals surface area (Å²) in [4.78, 5) is 15.2. The number of nitrogens with two attached hydrogens (primary N) is 1. The van der Waals surface area contributed by atoms with E-state index < -0.39 is 0 Å². The molecular formula is C12H11Cl2N4OS+. The minimum Gasteiger partial charge on any atom is -0.278 e. The number of hydrogen-bond acceptors (Lipinski definition) is 4. The van der Waals surface area contributed by atoms with Gasteiger partial charge in [-0.25, -0.2) is 10.4 Å². The number of anilines is 1. The summed E-state index contributed by atoms with van der Waals surface area (Å²) in [6, 6.07) is 5.11. The van der Waals surface area contributed by atoms with E-state index >= 15 is 0 Å². The van der Waals surface area contributed by atoms with Crippen LogP contribution in [0.2, 0.25) is 10.0 Å². The number of benzene rings is 1. The molecule has 0 fully saturated rings. The van der Waals surface area contributed by atoms with Crippen LogP contribution in [-0.4, -0.2) is 12.1 Å². The summed E-state index contributed by atoms with van der Waals surface area (Å²) in [6.45, 7) is 1.76. The average Bonchev–Trinajstić information content (AvgIpc) is 2.72. The maximum atomic E-state index is 11.9. The summed E-state index contributed by atoms with van der Waals surface area (Å²) in [5.74, 6) is -0.347. The van der Waals surface area contributed by atoms with Crippen LogP contribution in [0.4, 0.5) is 5.13 Å². The smallest absolute Gasteiger partial charge is 0.278 e. The third-order valence-corrected chi connectivity index (χ3v) is 4.11. The predicted molar refractivity (Wildman–Crippen MR) is 81.5 cm³/mol. The molecule has 2 aromatic rings. The van der Waals surface area contributed by atoms with E-state index in [0.717, 1.165) is 11.3 Å². The molecule has 1 amide bonds. The maximum Gasteiger partial charge on any atom is 0.330 e. The Morgan fingerprint density at radius 3 is 2.65 bits per heavy atom. The molecule has 0 aliphatic heterocycles. The van der Waals surface area contributed by atoms with E-state index in [9.17, 15) is 4.79 Å². The summed E-state index contributed by atoms with van der Waals surface area (Å²) in [6.07, 6.45) is 1.40. The molecule has 5 nitrogen and oxygen atoms in total. The molecule has 0 aliphatic rings. The Balaban J connectivity index is 2.11. The van der Waals surface area contributed by atoms with E-state index in [1.54, 1.807) is 25.1 Å². The van der Waals surface area contributed by atoms with Crippen molar-refractivity contribution < 1.29 is 9.78 Å². The number of hydrogen-bond donors (Lipinski definition) is 2. The standard InChI is InChI=1S/C12H10Cl2N4OS/c1-6-10(20-12(15)17-6)11(19)18-16-5-7-8(13)3-2-4-9(7)14/h2-5H,1H3,(H2,15,17)(H,18,19)/p+1. The van der Waals surface area contributed by atoms with Crippen molar-refractivity contribution in [1.82, 2.24) is 5.43 Å². The lowest BCUT2D eigenvalue weighted by atomic mass is 10.2. The summed E-state index contributed by atoms with van der Waals surface area (Å²) in [5.41, 5.74) is 9.23. The minimum atomic E-state index is -0.347. The third kappa shape index (κ3) is 3.27. The Kier molecular flexibility index (Phi) is 4.59. The van der Waals surface area contributed by atoms with Gasteiger partial charge >= 0.3 is 5.13 Å². The molecule has 0 unspecified atom stereocenters. The van der Waals surface area contributed by atoms with Gasteiger partial charge in [0.05, 0.1) is 16.3 Å². The topological polar surface area (TPSA) is 81.6 Å². The lowest BCUT2D eigenvalue weighted by Crippen LogP contribution is -2.19. The molecule has 0 aliphatic carbocycles. The number of hydrazone groups is 1.